The number of hydrogen-bond acceptors (Lipinski definition) is 0. The van der Waals surface area contributed by atoms with Crippen LogP contribution in [-0.2, 0) is 6.42 Å². The summed E-state index contributed by atoms with van der Waals surface area (Å²) in [6.45, 7) is 9.26. The molecule has 0 heteroatoms. The highest BCUT2D eigenvalue weighted by Gasteiger charge is 2.23. The molecule has 1 aliphatic carbocycles. The molecule has 2 unspecified atom stereocenters. The van der Waals surface area contributed by atoms with E-state index in [9.17, 15) is 0 Å². The monoisotopic (exact) mass is 230 g/mol. The predicted octanol–water partition coefficient (Wildman–Crippen LogP) is 4.92. The van der Waals surface area contributed by atoms with Crippen LogP contribution in [0.3, 0.4) is 0 Å². The number of aryl methyl sites for hydroxylation is 2. The zero-order valence-electron chi connectivity index (χ0n) is 11.8. The van der Waals surface area contributed by atoms with Gasteiger partial charge in [0.25, 0.3) is 0 Å². The molecule has 1 aromatic carbocycles. The molecule has 1 saturated carbocycles. The summed E-state index contributed by atoms with van der Waals surface area (Å²) in [7, 11) is 0. The number of benzene rings is 1. The Labute approximate surface area is 106 Å². The van der Waals surface area contributed by atoms with E-state index in [0.717, 1.165) is 17.8 Å². The highest BCUT2D eigenvalue weighted by molar-refractivity contribution is 5.28. The Bertz CT molecular complexity index is 347. The van der Waals surface area contributed by atoms with Crippen molar-refractivity contribution in [1.82, 2.24) is 0 Å². The minimum absolute atomic E-state index is 0.912. The van der Waals surface area contributed by atoms with Crippen LogP contribution in [0.15, 0.2) is 18.2 Å². The first-order valence-electron chi connectivity index (χ1n) is 7.10. The summed E-state index contributed by atoms with van der Waals surface area (Å²) in [6, 6.07) is 7.02. The van der Waals surface area contributed by atoms with Crippen LogP contribution in [0.1, 0.15) is 49.8 Å². The van der Waals surface area contributed by atoms with E-state index in [1.54, 1.807) is 5.56 Å². The van der Waals surface area contributed by atoms with Gasteiger partial charge in [-0.05, 0) is 62.8 Å². The van der Waals surface area contributed by atoms with E-state index in [4.69, 9.17) is 0 Å². The molecule has 0 bridgehead atoms. The Kier molecular flexibility index (Phi) is 3.91. The number of hydrogen-bond donors (Lipinski definition) is 0. The lowest BCUT2D eigenvalue weighted by Crippen LogP contribution is -2.21. The summed E-state index contributed by atoms with van der Waals surface area (Å²) in [5.74, 6) is 2.76. The van der Waals surface area contributed by atoms with Gasteiger partial charge in [-0.1, -0.05) is 43.2 Å². The van der Waals surface area contributed by atoms with Crippen LogP contribution < -0.4 is 0 Å². The van der Waals surface area contributed by atoms with Crippen LogP contribution in [-0.4, -0.2) is 0 Å². The maximum Gasteiger partial charge on any atom is -0.0250 e. The Morgan fingerprint density at radius 2 is 1.41 bits per heavy atom. The van der Waals surface area contributed by atoms with Crippen molar-refractivity contribution < 1.29 is 0 Å². The summed E-state index contributed by atoms with van der Waals surface area (Å²) in [5, 5.41) is 0. The van der Waals surface area contributed by atoms with Crippen LogP contribution in [0.4, 0.5) is 0 Å². The summed E-state index contributed by atoms with van der Waals surface area (Å²) in [4.78, 5) is 0. The average molecular weight is 230 g/mol. The van der Waals surface area contributed by atoms with Crippen molar-refractivity contribution in [3.8, 4) is 0 Å². The third-order valence-corrected chi connectivity index (χ3v) is 4.08. The SMILES string of the molecule is Cc1cc(C)cc(CC2CC(C)CC(C)C2)c1. The molecule has 2 rings (SSSR count). The molecule has 1 fully saturated rings. The van der Waals surface area contributed by atoms with Gasteiger partial charge < -0.3 is 0 Å². The minimum Gasteiger partial charge on any atom is -0.0625 e. The van der Waals surface area contributed by atoms with Crippen LogP contribution in [0, 0.1) is 31.6 Å². The van der Waals surface area contributed by atoms with Crippen molar-refractivity contribution >= 4 is 0 Å². The normalized spacial score (nSPS) is 29.3. The third-order valence-electron chi connectivity index (χ3n) is 4.08. The van der Waals surface area contributed by atoms with Crippen molar-refractivity contribution in [3.05, 3.63) is 34.9 Å². The maximum absolute atomic E-state index is 2.42. The zero-order chi connectivity index (χ0) is 12.4. The Morgan fingerprint density at radius 1 is 0.882 bits per heavy atom. The largest absolute Gasteiger partial charge is 0.0625 e. The maximum atomic E-state index is 2.42. The van der Waals surface area contributed by atoms with Gasteiger partial charge in [0.15, 0.2) is 0 Å². The van der Waals surface area contributed by atoms with Gasteiger partial charge in [-0.3, -0.25) is 0 Å². The van der Waals surface area contributed by atoms with E-state index in [0.29, 0.717) is 0 Å². The second kappa shape index (κ2) is 5.25. The van der Waals surface area contributed by atoms with E-state index in [1.807, 2.05) is 0 Å². The van der Waals surface area contributed by atoms with E-state index < -0.39 is 0 Å². The fraction of sp³-hybridized carbons (Fsp3) is 0.647. The summed E-state index contributed by atoms with van der Waals surface area (Å²) < 4.78 is 0. The van der Waals surface area contributed by atoms with E-state index >= 15 is 0 Å². The van der Waals surface area contributed by atoms with Crippen molar-refractivity contribution in [2.75, 3.05) is 0 Å². The minimum atomic E-state index is 0.912. The quantitative estimate of drug-likeness (QED) is 0.676. The van der Waals surface area contributed by atoms with Crippen LogP contribution in [0.25, 0.3) is 0 Å². The summed E-state index contributed by atoms with van der Waals surface area (Å²) in [5.41, 5.74) is 4.38. The summed E-state index contributed by atoms with van der Waals surface area (Å²) >= 11 is 0. The first-order valence-corrected chi connectivity index (χ1v) is 7.10. The van der Waals surface area contributed by atoms with Gasteiger partial charge in [0, 0.05) is 0 Å². The third kappa shape index (κ3) is 3.59. The molecule has 1 aliphatic rings. The highest BCUT2D eigenvalue weighted by Crippen LogP contribution is 2.34. The Hall–Kier alpha value is -0.780. The van der Waals surface area contributed by atoms with Crippen LogP contribution >= 0.6 is 0 Å². The van der Waals surface area contributed by atoms with Gasteiger partial charge in [0.05, 0.1) is 0 Å². The molecule has 0 N–H and O–H groups in total. The molecule has 0 saturated heterocycles. The van der Waals surface area contributed by atoms with E-state index in [-0.39, 0.29) is 0 Å². The second-order valence-corrected chi connectivity index (χ2v) is 6.48. The lowest BCUT2D eigenvalue weighted by atomic mass is 9.74. The van der Waals surface area contributed by atoms with Gasteiger partial charge in [-0.25, -0.2) is 0 Å². The van der Waals surface area contributed by atoms with Gasteiger partial charge in [0.2, 0.25) is 0 Å². The molecule has 0 spiro atoms. The van der Waals surface area contributed by atoms with E-state index in [1.165, 1.54) is 36.8 Å². The molecule has 1 aromatic rings. The molecule has 0 amide bonds. The fourth-order valence-electron chi connectivity index (χ4n) is 3.80. The average Bonchev–Trinajstić information content (AvgIpc) is 2.13. The molecule has 0 nitrogen and oxygen atoms in total. The molecule has 0 radical (unpaired) electrons. The molecule has 2 atom stereocenters. The van der Waals surface area contributed by atoms with Crippen molar-refractivity contribution in [1.29, 1.82) is 0 Å². The van der Waals surface area contributed by atoms with Crippen LogP contribution in [0.2, 0.25) is 0 Å². The number of rotatable bonds is 2. The summed E-state index contributed by atoms with van der Waals surface area (Å²) in [6.07, 6.45) is 5.58. The Morgan fingerprint density at radius 3 is 1.94 bits per heavy atom. The molecule has 0 aromatic heterocycles. The molecule has 94 valence electrons. The second-order valence-electron chi connectivity index (χ2n) is 6.48. The standard InChI is InChI=1S/C17H26/c1-12-5-13(2)8-16(7-12)11-17-9-14(3)6-15(4)10-17/h5,7-8,14-15,17H,6,9-11H2,1-4H3. The van der Waals surface area contributed by atoms with Gasteiger partial charge >= 0.3 is 0 Å². The van der Waals surface area contributed by atoms with Gasteiger partial charge in [-0.2, -0.15) is 0 Å². The highest BCUT2D eigenvalue weighted by atomic mass is 14.3. The van der Waals surface area contributed by atoms with Gasteiger partial charge in [-0.15, -0.1) is 0 Å². The first-order chi connectivity index (χ1) is 8.02. The molecule has 0 aliphatic heterocycles. The predicted molar refractivity (Wildman–Crippen MR) is 75.3 cm³/mol. The Balaban J connectivity index is 2.04. The molecule has 17 heavy (non-hydrogen) atoms. The molecular weight excluding hydrogens is 204 g/mol. The molecular formula is C17H26. The van der Waals surface area contributed by atoms with Gasteiger partial charge in [0.1, 0.15) is 0 Å². The van der Waals surface area contributed by atoms with Crippen LogP contribution in [0.5, 0.6) is 0 Å². The molecule has 0 heterocycles. The van der Waals surface area contributed by atoms with E-state index in [2.05, 4.69) is 45.9 Å². The zero-order valence-corrected chi connectivity index (χ0v) is 11.8. The lowest BCUT2D eigenvalue weighted by Gasteiger charge is -2.31. The topological polar surface area (TPSA) is 0 Å². The van der Waals surface area contributed by atoms with Crippen molar-refractivity contribution in [2.24, 2.45) is 17.8 Å². The first kappa shape index (κ1) is 12.7. The smallest absolute Gasteiger partial charge is 0.0250 e. The fourth-order valence-corrected chi connectivity index (χ4v) is 3.80. The van der Waals surface area contributed by atoms with Crippen molar-refractivity contribution in [2.45, 2.75) is 53.4 Å². The lowest BCUT2D eigenvalue weighted by molar-refractivity contribution is 0.218. The van der Waals surface area contributed by atoms with Crippen molar-refractivity contribution in [3.63, 3.8) is 0 Å².